The SMILES string of the molecule is CCCCCCCCCCCCCCCCCCc1cccc(N(C)C(=O)c2ccc(O)cc2)c1. The topological polar surface area (TPSA) is 40.5 Å². The van der Waals surface area contributed by atoms with E-state index < -0.39 is 0 Å². The van der Waals surface area contributed by atoms with Gasteiger partial charge < -0.3 is 10.0 Å². The number of nitrogens with zero attached hydrogens (tertiary/aromatic N) is 1. The minimum atomic E-state index is -0.0652. The van der Waals surface area contributed by atoms with Crippen LogP contribution in [0.3, 0.4) is 0 Å². The molecule has 0 saturated heterocycles. The van der Waals surface area contributed by atoms with Crippen LogP contribution in [0.1, 0.15) is 126 Å². The number of hydrogen-bond acceptors (Lipinski definition) is 2. The summed E-state index contributed by atoms with van der Waals surface area (Å²) in [6.07, 6.45) is 23.3. The third-order valence-corrected chi connectivity index (χ3v) is 7.04. The third-order valence-electron chi connectivity index (χ3n) is 7.04. The van der Waals surface area contributed by atoms with Crippen LogP contribution in [0.2, 0.25) is 0 Å². The van der Waals surface area contributed by atoms with Crippen molar-refractivity contribution in [3.63, 3.8) is 0 Å². The number of carbonyl (C=O) groups is 1. The van der Waals surface area contributed by atoms with Crippen LogP contribution < -0.4 is 4.90 Å². The normalized spacial score (nSPS) is 11.0. The highest BCUT2D eigenvalue weighted by Crippen LogP contribution is 2.20. The number of aryl methyl sites for hydroxylation is 1. The van der Waals surface area contributed by atoms with Gasteiger partial charge in [-0.15, -0.1) is 0 Å². The Bertz CT molecular complexity index is 815. The summed E-state index contributed by atoms with van der Waals surface area (Å²) in [4.78, 5) is 14.4. The molecule has 0 unspecified atom stereocenters. The van der Waals surface area contributed by atoms with Crippen molar-refractivity contribution in [3.05, 3.63) is 59.7 Å². The molecule has 2 rings (SSSR count). The number of aromatic hydroxyl groups is 1. The van der Waals surface area contributed by atoms with Crippen LogP contribution in [-0.4, -0.2) is 18.1 Å². The number of phenols is 1. The second-order valence-electron chi connectivity index (χ2n) is 10.1. The monoisotopic (exact) mass is 479 g/mol. The molecule has 194 valence electrons. The van der Waals surface area contributed by atoms with Crippen molar-refractivity contribution >= 4 is 11.6 Å². The molecule has 0 spiro atoms. The van der Waals surface area contributed by atoms with Crippen LogP contribution in [0.25, 0.3) is 0 Å². The Morgan fingerprint density at radius 1 is 0.686 bits per heavy atom. The molecule has 0 atom stereocenters. The predicted octanol–water partition coefficient (Wildman–Crippen LogP) is 9.47. The molecule has 35 heavy (non-hydrogen) atoms. The number of amides is 1. The highest BCUT2D eigenvalue weighted by atomic mass is 16.3. The number of benzene rings is 2. The van der Waals surface area contributed by atoms with Crippen LogP contribution in [0.4, 0.5) is 5.69 Å². The van der Waals surface area contributed by atoms with Gasteiger partial charge in [0.25, 0.3) is 5.91 Å². The Morgan fingerprint density at radius 2 is 1.17 bits per heavy atom. The maximum atomic E-state index is 12.7. The van der Waals surface area contributed by atoms with E-state index in [4.69, 9.17) is 0 Å². The van der Waals surface area contributed by atoms with Crippen molar-refractivity contribution in [2.24, 2.45) is 0 Å². The van der Waals surface area contributed by atoms with E-state index in [0.717, 1.165) is 12.1 Å². The van der Waals surface area contributed by atoms with E-state index in [1.807, 2.05) is 19.2 Å². The van der Waals surface area contributed by atoms with Gasteiger partial charge in [-0.3, -0.25) is 4.79 Å². The number of rotatable bonds is 19. The van der Waals surface area contributed by atoms with Crippen molar-refractivity contribution in [3.8, 4) is 5.75 Å². The number of unbranched alkanes of at least 4 members (excludes halogenated alkanes) is 15. The lowest BCUT2D eigenvalue weighted by atomic mass is 10.0. The fraction of sp³-hybridized carbons (Fsp3) is 0.594. The van der Waals surface area contributed by atoms with E-state index in [9.17, 15) is 9.90 Å². The lowest BCUT2D eigenvalue weighted by Crippen LogP contribution is -2.26. The zero-order valence-electron chi connectivity index (χ0n) is 22.4. The van der Waals surface area contributed by atoms with Gasteiger partial charge in [0.2, 0.25) is 0 Å². The molecule has 3 heteroatoms. The summed E-state index contributed by atoms with van der Waals surface area (Å²) in [5.41, 5.74) is 2.78. The summed E-state index contributed by atoms with van der Waals surface area (Å²) < 4.78 is 0. The number of phenolic OH excluding ortho intramolecular Hbond substituents is 1. The first-order valence-corrected chi connectivity index (χ1v) is 14.3. The number of hydrogen-bond donors (Lipinski definition) is 1. The molecule has 0 bridgehead atoms. The van der Waals surface area contributed by atoms with Gasteiger partial charge in [-0.25, -0.2) is 0 Å². The molecule has 0 fully saturated rings. The minimum absolute atomic E-state index is 0.0652. The molecule has 0 radical (unpaired) electrons. The Kier molecular flexibility index (Phi) is 14.9. The van der Waals surface area contributed by atoms with Gasteiger partial charge in [-0.2, -0.15) is 0 Å². The van der Waals surface area contributed by atoms with Gasteiger partial charge >= 0.3 is 0 Å². The molecule has 0 aliphatic carbocycles. The molecular weight excluding hydrogens is 430 g/mol. The van der Waals surface area contributed by atoms with Crippen molar-refractivity contribution in [2.45, 2.75) is 116 Å². The van der Waals surface area contributed by atoms with Gasteiger partial charge in [0.05, 0.1) is 0 Å². The molecule has 2 aromatic rings. The van der Waals surface area contributed by atoms with E-state index >= 15 is 0 Å². The molecule has 3 nitrogen and oxygen atoms in total. The van der Waals surface area contributed by atoms with Crippen LogP contribution in [0, 0.1) is 0 Å². The van der Waals surface area contributed by atoms with E-state index in [0.29, 0.717) is 5.56 Å². The Morgan fingerprint density at radius 3 is 1.69 bits per heavy atom. The third kappa shape index (κ3) is 12.3. The first kappa shape index (κ1) is 28.9. The fourth-order valence-corrected chi connectivity index (χ4v) is 4.71. The van der Waals surface area contributed by atoms with Gasteiger partial charge in [0.1, 0.15) is 5.75 Å². The molecule has 0 aliphatic rings. The Balaban J connectivity index is 1.51. The largest absolute Gasteiger partial charge is 0.508 e. The van der Waals surface area contributed by atoms with Crippen molar-refractivity contribution in [2.75, 3.05) is 11.9 Å². The summed E-state index contributed by atoms with van der Waals surface area (Å²) in [6, 6.07) is 14.7. The second kappa shape index (κ2) is 18.0. The lowest BCUT2D eigenvalue weighted by molar-refractivity contribution is 0.0993. The van der Waals surface area contributed by atoms with Crippen molar-refractivity contribution < 1.29 is 9.90 Å². The van der Waals surface area contributed by atoms with Gasteiger partial charge in [-0.1, -0.05) is 115 Å². The molecule has 1 N–H and O–H groups in total. The predicted molar refractivity (Wildman–Crippen MR) is 151 cm³/mol. The van der Waals surface area contributed by atoms with Crippen molar-refractivity contribution in [1.29, 1.82) is 0 Å². The van der Waals surface area contributed by atoms with Crippen LogP contribution in [0.15, 0.2) is 48.5 Å². The number of anilines is 1. The smallest absolute Gasteiger partial charge is 0.258 e. The van der Waals surface area contributed by atoms with E-state index in [1.54, 1.807) is 29.2 Å². The maximum absolute atomic E-state index is 12.7. The Hall–Kier alpha value is -2.29. The highest BCUT2D eigenvalue weighted by Gasteiger charge is 2.13. The van der Waals surface area contributed by atoms with E-state index in [2.05, 4.69) is 19.1 Å². The summed E-state index contributed by atoms with van der Waals surface area (Å²) >= 11 is 0. The van der Waals surface area contributed by atoms with Crippen LogP contribution in [-0.2, 0) is 6.42 Å². The molecule has 1 amide bonds. The average molecular weight is 480 g/mol. The van der Waals surface area contributed by atoms with Gasteiger partial charge in [-0.05, 0) is 54.8 Å². The second-order valence-corrected chi connectivity index (χ2v) is 10.1. The summed E-state index contributed by atoms with van der Waals surface area (Å²) in [6.45, 7) is 2.29. The van der Waals surface area contributed by atoms with E-state index in [-0.39, 0.29) is 11.7 Å². The number of carbonyl (C=O) groups excluding carboxylic acids is 1. The molecule has 0 saturated carbocycles. The zero-order chi connectivity index (χ0) is 25.1. The first-order valence-electron chi connectivity index (χ1n) is 14.3. The maximum Gasteiger partial charge on any atom is 0.258 e. The molecule has 0 aliphatic heterocycles. The first-order chi connectivity index (χ1) is 17.1. The standard InChI is InChI=1S/C32H49NO2/c1-3-4-5-6-7-8-9-10-11-12-13-14-15-16-17-18-20-28-21-19-22-30(27-28)33(2)32(35)29-23-25-31(34)26-24-29/h19,21-27,34H,3-18,20H2,1-2H3. The van der Waals surface area contributed by atoms with Crippen LogP contribution in [0.5, 0.6) is 5.75 Å². The quantitative estimate of drug-likeness (QED) is 0.204. The van der Waals surface area contributed by atoms with Gasteiger partial charge in [0.15, 0.2) is 0 Å². The van der Waals surface area contributed by atoms with Crippen molar-refractivity contribution in [1.82, 2.24) is 0 Å². The van der Waals surface area contributed by atoms with Crippen LogP contribution >= 0.6 is 0 Å². The van der Waals surface area contributed by atoms with Gasteiger partial charge in [0, 0.05) is 18.3 Å². The zero-order valence-corrected chi connectivity index (χ0v) is 22.4. The minimum Gasteiger partial charge on any atom is -0.508 e. The summed E-state index contributed by atoms with van der Waals surface area (Å²) in [7, 11) is 1.81. The lowest BCUT2D eigenvalue weighted by Gasteiger charge is -2.18. The average Bonchev–Trinajstić information content (AvgIpc) is 2.88. The molecular formula is C32H49NO2. The Labute approximate surface area is 215 Å². The molecule has 2 aromatic carbocycles. The highest BCUT2D eigenvalue weighted by molar-refractivity contribution is 6.05. The molecule has 0 heterocycles. The fourth-order valence-electron chi connectivity index (χ4n) is 4.71. The summed E-state index contributed by atoms with van der Waals surface area (Å²) in [5, 5.41) is 9.44. The summed E-state index contributed by atoms with van der Waals surface area (Å²) in [5.74, 6) is 0.106. The van der Waals surface area contributed by atoms with E-state index in [1.165, 1.54) is 108 Å². The molecule has 0 aromatic heterocycles.